The molecule has 1 amide bonds. The summed E-state index contributed by atoms with van der Waals surface area (Å²) >= 11 is 1.34. The highest BCUT2D eigenvalue weighted by molar-refractivity contribution is 8.00. The summed E-state index contributed by atoms with van der Waals surface area (Å²) in [5.74, 6) is 0.225. The highest BCUT2D eigenvalue weighted by atomic mass is 32.2. The number of nitrogen functional groups attached to an aromatic ring is 1. The molecule has 0 aliphatic rings. The van der Waals surface area contributed by atoms with E-state index in [0.717, 1.165) is 16.8 Å². The van der Waals surface area contributed by atoms with Gasteiger partial charge in [-0.15, -0.1) is 0 Å². The maximum Gasteiger partial charge on any atom is 0.234 e. The summed E-state index contributed by atoms with van der Waals surface area (Å²) in [5, 5.41) is 3.60. The SMILES string of the molecule is Cc1cccc(NC(=O)CSc2ncccc2N)c1C. The van der Waals surface area contributed by atoms with E-state index >= 15 is 0 Å². The monoisotopic (exact) mass is 287 g/mol. The summed E-state index contributed by atoms with van der Waals surface area (Å²) in [4.78, 5) is 16.1. The summed E-state index contributed by atoms with van der Waals surface area (Å²) in [7, 11) is 0. The first-order chi connectivity index (χ1) is 9.58. The van der Waals surface area contributed by atoms with Crippen LogP contribution in [0.2, 0.25) is 0 Å². The van der Waals surface area contributed by atoms with Crippen molar-refractivity contribution < 1.29 is 4.79 Å². The number of nitrogens with one attached hydrogen (secondary N) is 1. The van der Waals surface area contributed by atoms with E-state index in [0.29, 0.717) is 10.7 Å². The topological polar surface area (TPSA) is 68.0 Å². The lowest BCUT2D eigenvalue weighted by Crippen LogP contribution is -2.15. The molecule has 2 aromatic rings. The lowest BCUT2D eigenvalue weighted by Gasteiger charge is -2.10. The van der Waals surface area contributed by atoms with E-state index in [9.17, 15) is 4.79 Å². The molecule has 2 rings (SSSR count). The maximum absolute atomic E-state index is 12.0. The van der Waals surface area contributed by atoms with Crippen LogP contribution >= 0.6 is 11.8 Å². The molecule has 0 radical (unpaired) electrons. The first kappa shape index (κ1) is 14.4. The Morgan fingerprint density at radius 1 is 1.30 bits per heavy atom. The zero-order valence-corrected chi connectivity index (χ0v) is 12.3. The van der Waals surface area contributed by atoms with E-state index in [1.54, 1.807) is 18.3 Å². The Morgan fingerprint density at radius 2 is 2.10 bits per heavy atom. The third-order valence-electron chi connectivity index (χ3n) is 3.02. The minimum Gasteiger partial charge on any atom is -0.397 e. The first-order valence-electron chi connectivity index (χ1n) is 6.27. The van der Waals surface area contributed by atoms with E-state index < -0.39 is 0 Å². The fraction of sp³-hybridized carbons (Fsp3) is 0.200. The van der Waals surface area contributed by atoms with Gasteiger partial charge in [0.25, 0.3) is 0 Å². The molecule has 0 aliphatic carbocycles. The van der Waals surface area contributed by atoms with Crippen molar-refractivity contribution in [2.24, 2.45) is 0 Å². The van der Waals surface area contributed by atoms with Crippen LogP contribution in [-0.4, -0.2) is 16.6 Å². The molecule has 5 heteroatoms. The van der Waals surface area contributed by atoms with Crippen molar-refractivity contribution in [1.29, 1.82) is 0 Å². The van der Waals surface area contributed by atoms with Crippen LogP contribution in [0.3, 0.4) is 0 Å². The Balaban J connectivity index is 1.96. The fourth-order valence-corrected chi connectivity index (χ4v) is 2.44. The average molecular weight is 287 g/mol. The van der Waals surface area contributed by atoms with Crippen LogP contribution < -0.4 is 11.1 Å². The third-order valence-corrected chi connectivity index (χ3v) is 4.04. The molecular formula is C15H17N3OS. The van der Waals surface area contributed by atoms with Crippen molar-refractivity contribution in [3.63, 3.8) is 0 Å². The lowest BCUT2D eigenvalue weighted by atomic mass is 10.1. The van der Waals surface area contributed by atoms with Crippen LogP contribution in [0.1, 0.15) is 11.1 Å². The van der Waals surface area contributed by atoms with Gasteiger partial charge in [0.15, 0.2) is 0 Å². The molecule has 0 bridgehead atoms. The van der Waals surface area contributed by atoms with Gasteiger partial charge in [0.05, 0.1) is 11.4 Å². The third kappa shape index (κ3) is 3.51. The standard InChI is InChI=1S/C15H17N3OS/c1-10-5-3-7-13(11(10)2)18-14(19)9-20-15-12(16)6-4-8-17-15/h3-8H,9,16H2,1-2H3,(H,18,19). The molecule has 0 atom stereocenters. The Labute approximate surface area is 122 Å². The number of benzene rings is 1. The number of aromatic nitrogens is 1. The number of amides is 1. The number of hydrogen-bond acceptors (Lipinski definition) is 4. The van der Waals surface area contributed by atoms with Gasteiger partial charge in [-0.3, -0.25) is 4.79 Å². The molecule has 0 saturated carbocycles. The van der Waals surface area contributed by atoms with Crippen LogP contribution in [0.5, 0.6) is 0 Å². The number of nitrogens with zero attached hydrogens (tertiary/aromatic N) is 1. The number of hydrogen-bond donors (Lipinski definition) is 2. The second-order valence-corrected chi connectivity index (χ2v) is 5.45. The van der Waals surface area contributed by atoms with Gasteiger partial charge in [-0.25, -0.2) is 4.98 Å². The van der Waals surface area contributed by atoms with E-state index in [1.807, 2.05) is 32.0 Å². The van der Waals surface area contributed by atoms with Gasteiger partial charge in [0.1, 0.15) is 5.03 Å². The molecule has 4 nitrogen and oxygen atoms in total. The zero-order valence-electron chi connectivity index (χ0n) is 11.5. The molecular weight excluding hydrogens is 270 g/mol. The van der Waals surface area contributed by atoms with Crippen LogP contribution in [0.4, 0.5) is 11.4 Å². The van der Waals surface area contributed by atoms with Crippen molar-refractivity contribution in [2.75, 3.05) is 16.8 Å². The molecule has 3 N–H and O–H groups in total. The van der Waals surface area contributed by atoms with E-state index in [2.05, 4.69) is 10.3 Å². The van der Waals surface area contributed by atoms with Crippen LogP contribution in [-0.2, 0) is 4.79 Å². The molecule has 1 heterocycles. The van der Waals surface area contributed by atoms with Crippen molar-refractivity contribution in [3.05, 3.63) is 47.7 Å². The van der Waals surface area contributed by atoms with Crippen molar-refractivity contribution in [3.8, 4) is 0 Å². The second-order valence-electron chi connectivity index (χ2n) is 4.48. The molecule has 0 saturated heterocycles. The van der Waals surface area contributed by atoms with Gasteiger partial charge < -0.3 is 11.1 Å². The van der Waals surface area contributed by atoms with Crippen LogP contribution in [0.15, 0.2) is 41.6 Å². The number of nitrogens with two attached hydrogens (primary N) is 1. The van der Waals surface area contributed by atoms with E-state index in [4.69, 9.17) is 5.73 Å². The number of rotatable bonds is 4. The minimum atomic E-state index is -0.0613. The number of anilines is 2. The average Bonchev–Trinajstić information content (AvgIpc) is 2.43. The van der Waals surface area contributed by atoms with Crippen molar-refractivity contribution >= 4 is 29.0 Å². The van der Waals surface area contributed by atoms with E-state index in [1.165, 1.54) is 11.8 Å². The summed E-state index contributed by atoms with van der Waals surface area (Å²) in [6.07, 6.45) is 1.67. The molecule has 0 fully saturated rings. The van der Waals surface area contributed by atoms with Gasteiger partial charge in [-0.1, -0.05) is 23.9 Å². The molecule has 0 spiro atoms. The molecule has 104 valence electrons. The molecule has 1 aromatic carbocycles. The normalized spacial score (nSPS) is 10.3. The Kier molecular flexibility index (Phi) is 4.63. The Bertz CT molecular complexity index is 628. The predicted octanol–water partition coefficient (Wildman–Crippen LogP) is 3.01. The van der Waals surface area contributed by atoms with Crippen molar-refractivity contribution in [1.82, 2.24) is 4.98 Å². The maximum atomic E-state index is 12.0. The number of carbonyl (C=O) groups is 1. The summed E-state index contributed by atoms with van der Waals surface area (Å²) < 4.78 is 0. The van der Waals surface area contributed by atoms with Crippen LogP contribution in [0, 0.1) is 13.8 Å². The van der Waals surface area contributed by atoms with Gasteiger partial charge in [0, 0.05) is 11.9 Å². The highest BCUT2D eigenvalue weighted by Crippen LogP contribution is 2.22. The summed E-state index contributed by atoms with van der Waals surface area (Å²) in [6, 6.07) is 9.41. The first-order valence-corrected chi connectivity index (χ1v) is 7.26. The number of thioether (sulfide) groups is 1. The minimum absolute atomic E-state index is 0.0613. The number of carbonyl (C=O) groups excluding carboxylic acids is 1. The summed E-state index contributed by atoms with van der Waals surface area (Å²) in [6.45, 7) is 4.02. The largest absolute Gasteiger partial charge is 0.397 e. The van der Waals surface area contributed by atoms with Gasteiger partial charge in [-0.2, -0.15) is 0 Å². The van der Waals surface area contributed by atoms with Gasteiger partial charge >= 0.3 is 0 Å². The van der Waals surface area contributed by atoms with Crippen molar-refractivity contribution in [2.45, 2.75) is 18.9 Å². The fourth-order valence-electron chi connectivity index (χ4n) is 1.73. The van der Waals surface area contributed by atoms with Crippen LogP contribution in [0.25, 0.3) is 0 Å². The molecule has 20 heavy (non-hydrogen) atoms. The zero-order chi connectivity index (χ0) is 14.5. The predicted molar refractivity (Wildman–Crippen MR) is 83.9 cm³/mol. The lowest BCUT2D eigenvalue weighted by molar-refractivity contribution is -0.113. The van der Waals surface area contributed by atoms with Gasteiger partial charge in [-0.05, 0) is 43.2 Å². The smallest absolute Gasteiger partial charge is 0.234 e. The molecule has 0 unspecified atom stereocenters. The molecule has 1 aromatic heterocycles. The van der Waals surface area contributed by atoms with E-state index in [-0.39, 0.29) is 11.7 Å². The quantitative estimate of drug-likeness (QED) is 0.848. The summed E-state index contributed by atoms with van der Waals surface area (Å²) in [5.41, 5.74) is 9.48. The Hall–Kier alpha value is -2.01. The van der Waals surface area contributed by atoms with Gasteiger partial charge in [0.2, 0.25) is 5.91 Å². The Morgan fingerprint density at radius 3 is 2.85 bits per heavy atom. The second kappa shape index (κ2) is 6.43. The molecule has 0 aliphatic heterocycles. The number of aryl methyl sites for hydroxylation is 1. The highest BCUT2D eigenvalue weighted by Gasteiger charge is 2.08. The number of pyridine rings is 1.